The topological polar surface area (TPSA) is 139 Å². The predicted molar refractivity (Wildman–Crippen MR) is 164 cm³/mol. The molecule has 2 aliphatic heterocycles. The second kappa shape index (κ2) is 13.0. The van der Waals surface area contributed by atoms with Crippen LogP contribution in [0.25, 0.3) is 0 Å². The Bertz CT molecular complexity index is 1680. The molecule has 0 spiro atoms. The Hall–Kier alpha value is -4.31. The highest BCUT2D eigenvalue weighted by Crippen LogP contribution is 2.37. The molecule has 3 aromatic rings. The van der Waals surface area contributed by atoms with E-state index in [0.29, 0.717) is 22.8 Å². The van der Waals surface area contributed by atoms with E-state index in [0.717, 1.165) is 11.1 Å². The zero-order valence-electron chi connectivity index (χ0n) is 25.7. The first kappa shape index (κ1) is 32.1. The first-order valence-corrected chi connectivity index (χ1v) is 16.1. The largest absolute Gasteiger partial charge is 0.489 e. The zero-order valence-corrected chi connectivity index (χ0v) is 26.5. The van der Waals surface area contributed by atoms with Crippen LogP contribution in [-0.2, 0) is 27.8 Å². The molecule has 12 heteroatoms. The molecule has 0 bridgehead atoms. The minimum absolute atomic E-state index is 0.00936. The molecule has 2 aliphatic rings. The number of hydrogen-bond acceptors (Lipinski definition) is 8. The SMILES string of the molecule is CC(C)CN(C[C@H]1OC(C)(C)N(C(=O)O)[C@H]1Cc1ccc(OCc2ccccc2C#N)cc1)S(=O)(=O)c1ccc2c(c1)OCO2. The van der Waals surface area contributed by atoms with E-state index < -0.39 is 34.0 Å². The fourth-order valence-corrected chi connectivity index (χ4v) is 7.40. The van der Waals surface area contributed by atoms with Gasteiger partial charge in [0.05, 0.1) is 28.7 Å². The maximum Gasteiger partial charge on any atom is 0.409 e. The summed E-state index contributed by atoms with van der Waals surface area (Å²) >= 11 is 0. The van der Waals surface area contributed by atoms with Gasteiger partial charge in [-0.15, -0.1) is 0 Å². The number of ether oxygens (including phenoxy) is 4. The van der Waals surface area contributed by atoms with Gasteiger partial charge < -0.3 is 24.1 Å². The van der Waals surface area contributed by atoms with Crippen LogP contribution in [0.5, 0.6) is 17.2 Å². The second-order valence-electron chi connectivity index (χ2n) is 12.0. The summed E-state index contributed by atoms with van der Waals surface area (Å²) in [6.45, 7) is 7.59. The Morgan fingerprint density at radius 3 is 2.51 bits per heavy atom. The fourth-order valence-electron chi connectivity index (χ4n) is 5.77. The number of sulfonamides is 1. The van der Waals surface area contributed by atoms with Crippen LogP contribution in [0.4, 0.5) is 4.79 Å². The highest BCUT2D eigenvalue weighted by Gasteiger charge is 2.51. The summed E-state index contributed by atoms with van der Waals surface area (Å²) in [7, 11) is -4.00. The standard InChI is InChI=1S/C33H37N3O8S/c1-22(2)18-35(45(39,40)27-13-14-29-30(16-27)43-21-42-29)19-31-28(36(32(37)38)33(3,4)44-31)15-23-9-11-26(12-10-23)41-20-25-8-6-5-7-24(25)17-34/h5-14,16,22,28,31H,15,18-21H2,1-4H3,(H,37,38)/t28-,31+/m0/s1. The second-order valence-corrected chi connectivity index (χ2v) is 13.9. The van der Waals surface area contributed by atoms with Crippen molar-refractivity contribution < 1.29 is 37.3 Å². The van der Waals surface area contributed by atoms with Gasteiger partial charge in [-0.1, -0.05) is 44.2 Å². The van der Waals surface area contributed by atoms with Crippen LogP contribution in [0, 0.1) is 17.2 Å². The molecule has 1 saturated heterocycles. The van der Waals surface area contributed by atoms with Crippen molar-refractivity contribution in [2.75, 3.05) is 19.9 Å². The van der Waals surface area contributed by atoms with Crippen LogP contribution < -0.4 is 14.2 Å². The Balaban J connectivity index is 1.37. The molecule has 0 aromatic heterocycles. The molecule has 0 radical (unpaired) electrons. The third-order valence-electron chi connectivity index (χ3n) is 7.82. The van der Waals surface area contributed by atoms with Gasteiger partial charge in [-0.05, 0) is 62.1 Å². The molecule has 5 rings (SSSR count). The predicted octanol–water partition coefficient (Wildman–Crippen LogP) is 5.24. The van der Waals surface area contributed by atoms with E-state index in [-0.39, 0.29) is 43.7 Å². The number of fused-ring (bicyclic) bond motifs is 1. The van der Waals surface area contributed by atoms with Crippen molar-refractivity contribution in [1.82, 2.24) is 9.21 Å². The summed E-state index contributed by atoms with van der Waals surface area (Å²) < 4.78 is 52.2. The van der Waals surface area contributed by atoms with Gasteiger partial charge in [0.2, 0.25) is 16.8 Å². The quantitative estimate of drug-likeness (QED) is 0.300. The van der Waals surface area contributed by atoms with Crippen molar-refractivity contribution >= 4 is 16.1 Å². The van der Waals surface area contributed by atoms with Gasteiger partial charge in [0.15, 0.2) is 11.5 Å². The number of amides is 1. The lowest BCUT2D eigenvalue weighted by atomic mass is 10.00. The molecule has 1 fully saturated rings. The van der Waals surface area contributed by atoms with Crippen LogP contribution in [0.2, 0.25) is 0 Å². The van der Waals surface area contributed by atoms with Gasteiger partial charge in [0.1, 0.15) is 18.1 Å². The van der Waals surface area contributed by atoms with E-state index in [4.69, 9.17) is 18.9 Å². The average Bonchev–Trinajstić information content (AvgIpc) is 3.57. The van der Waals surface area contributed by atoms with E-state index in [2.05, 4.69) is 6.07 Å². The van der Waals surface area contributed by atoms with Crippen molar-refractivity contribution in [3.8, 4) is 23.3 Å². The van der Waals surface area contributed by atoms with Crippen LogP contribution in [0.1, 0.15) is 44.4 Å². The van der Waals surface area contributed by atoms with Gasteiger partial charge in [0.25, 0.3) is 0 Å². The molecule has 3 aromatic carbocycles. The first-order chi connectivity index (χ1) is 21.4. The highest BCUT2D eigenvalue weighted by atomic mass is 32.2. The molecule has 45 heavy (non-hydrogen) atoms. The lowest BCUT2D eigenvalue weighted by Crippen LogP contribution is -2.50. The maximum atomic E-state index is 14.0. The Morgan fingerprint density at radius 2 is 1.82 bits per heavy atom. The Kier molecular flexibility index (Phi) is 9.25. The molecular formula is C33H37N3O8S. The molecule has 0 aliphatic carbocycles. The molecule has 0 unspecified atom stereocenters. The molecule has 238 valence electrons. The molecule has 1 N–H and O–H groups in total. The zero-order chi connectivity index (χ0) is 32.4. The van der Waals surface area contributed by atoms with Crippen LogP contribution >= 0.6 is 0 Å². The van der Waals surface area contributed by atoms with E-state index in [1.807, 2.05) is 38.1 Å². The van der Waals surface area contributed by atoms with E-state index in [1.54, 1.807) is 44.2 Å². The number of carboxylic acid groups (broad SMARTS) is 1. The van der Waals surface area contributed by atoms with Crippen LogP contribution in [0.3, 0.4) is 0 Å². The summed E-state index contributed by atoms with van der Waals surface area (Å²) in [4.78, 5) is 13.9. The summed E-state index contributed by atoms with van der Waals surface area (Å²) in [6.07, 6.45) is -1.62. The number of nitriles is 1. The monoisotopic (exact) mass is 635 g/mol. The first-order valence-electron chi connectivity index (χ1n) is 14.7. The van der Waals surface area contributed by atoms with Crippen molar-refractivity contribution in [3.63, 3.8) is 0 Å². The summed E-state index contributed by atoms with van der Waals surface area (Å²) in [6, 6.07) is 20.5. The van der Waals surface area contributed by atoms with Crippen LogP contribution in [0.15, 0.2) is 71.6 Å². The highest BCUT2D eigenvalue weighted by molar-refractivity contribution is 7.89. The van der Waals surface area contributed by atoms with Crippen molar-refractivity contribution in [2.24, 2.45) is 5.92 Å². The lowest BCUT2D eigenvalue weighted by Gasteiger charge is -2.31. The molecule has 11 nitrogen and oxygen atoms in total. The van der Waals surface area contributed by atoms with E-state index in [9.17, 15) is 23.6 Å². The van der Waals surface area contributed by atoms with E-state index >= 15 is 0 Å². The third-order valence-corrected chi connectivity index (χ3v) is 9.65. The normalized spacial score (nSPS) is 18.7. The average molecular weight is 636 g/mol. The number of nitrogens with zero attached hydrogens (tertiary/aromatic N) is 3. The Labute approximate surface area is 263 Å². The summed E-state index contributed by atoms with van der Waals surface area (Å²) in [5.74, 6) is 1.42. The lowest BCUT2D eigenvalue weighted by molar-refractivity contribution is -0.0690. The maximum absolute atomic E-state index is 14.0. The van der Waals surface area contributed by atoms with Gasteiger partial charge in [0, 0.05) is 24.7 Å². The van der Waals surface area contributed by atoms with Gasteiger partial charge in [-0.3, -0.25) is 4.90 Å². The van der Waals surface area contributed by atoms with Crippen molar-refractivity contribution in [1.29, 1.82) is 5.26 Å². The number of carbonyl (C=O) groups is 1. The smallest absolute Gasteiger partial charge is 0.409 e. The molecule has 2 atom stereocenters. The van der Waals surface area contributed by atoms with E-state index in [1.165, 1.54) is 21.3 Å². The number of benzene rings is 3. The molecule has 1 amide bonds. The number of rotatable bonds is 11. The van der Waals surface area contributed by atoms with Crippen molar-refractivity contribution in [2.45, 2.75) is 63.5 Å². The summed E-state index contributed by atoms with van der Waals surface area (Å²) in [5.41, 5.74) is 0.960. The fraction of sp³-hybridized carbons (Fsp3) is 0.394. The van der Waals surface area contributed by atoms with Crippen LogP contribution in [-0.4, -0.2) is 66.6 Å². The summed E-state index contributed by atoms with van der Waals surface area (Å²) in [5, 5.41) is 19.6. The minimum atomic E-state index is -4.00. The minimum Gasteiger partial charge on any atom is -0.489 e. The third kappa shape index (κ3) is 7.01. The van der Waals surface area contributed by atoms with Gasteiger partial charge in [-0.2, -0.15) is 9.57 Å². The molecule has 0 saturated carbocycles. The van der Waals surface area contributed by atoms with Crippen molar-refractivity contribution in [3.05, 3.63) is 83.4 Å². The molecule has 2 heterocycles. The molecular weight excluding hydrogens is 598 g/mol. The van der Waals surface area contributed by atoms with Gasteiger partial charge in [-0.25, -0.2) is 13.2 Å². The Morgan fingerprint density at radius 1 is 1.11 bits per heavy atom. The van der Waals surface area contributed by atoms with Gasteiger partial charge >= 0.3 is 6.09 Å². The number of hydrogen-bond donors (Lipinski definition) is 1.